The third kappa shape index (κ3) is 4.34. The standard InChI is InChI=1S/C22H23ClFN3OS/c1-15(2)11-12-29-21-25-14-26-27(21)13-22(16-7-9-17(24)10-8-16)20(28-22)18-5-3-4-6-19(18)23/h3-10,14-15,20H,11-13H2,1-2H3. The van der Waals surface area contributed by atoms with E-state index in [0.717, 1.165) is 28.5 Å². The Morgan fingerprint density at radius 2 is 1.97 bits per heavy atom. The molecule has 2 aromatic carbocycles. The highest BCUT2D eigenvalue weighted by Crippen LogP contribution is 2.59. The molecule has 0 radical (unpaired) electrons. The highest BCUT2D eigenvalue weighted by atomic mass is 35.5. The number of epoxide rings is 1. The van der Waals surface area contributed by atoms with Crippen LogP contribution in [0.4, 0.5) is 4.39 Å². The van der Waals surface area contributed by atoms with Crippen LogP contribution in [0.2, 0.25) is 5.02 Å². The highest BCUT2D eigenvalue weighted by Gasteiger charge is 2.59. The molecule has 1 aromatic heterocycles. The molecule has 7 heteroatoms. The van der Waals surface area contributed by atoms with E-state index in [1.807, 2.05) is 28.9 Å². The fourth-order valence-corrected chi connectivity index (χ4v) is 4.81. The molecule has 4 rings (SSSR count). The molecule has 152 valence electrons. The Morgan fingerprint density at radius 1 is 1.21 bits per heavy atom. The van der Waals surface area contributed by atoms with Crippen molar-refractivity contribution in [2.45, 2.75) is 43.7 Å². The molecule has 1 fully saturated rings. The minimum absolute atomic E-state index is 0.223. The topological polar surface area (TPSA) is 43.2 Å². The molecule has 0 N–H and O–H groups in total. The summed E-state index contributed by atoms with van der Waals surface area (Å²) in [5.74, 6) is 1.35. The molecular formula is C22H23ClFN3OS. The Balaban J connectivity index is 1.63. The predicted molar refractivity (Wildman–Crippen MR) is 114 cm³/mol. The third-order valence-corrected chi connectivity index (χ3v) is 6.46. The Morgan fingerprint density at radius 3 is 2.69 bits per heavy atom. The molecule has 29 heavy (non-hydrogen) atoms. The summed E-state index contributed by atoms with van der Waals surface area (Å²) in [6.45, 7) is 4.90. The van der Waals surface area contributed by atoms with E-state index in [1.165, 1.54) is 12.1 Å². The molecule has 1 saturated heterocycles. The van der Waals surface area contributed by atoms with Gasteiger partial charge in [0.15, 0.2) is 5.16 Å². The summed E-state index contributed by atoms with van der Waals surface area (Å²) in [5.41, 5.74) is 1.17. The number of hydrogen-bond donors (Lipinski definition) is 0. The number of thioether (sulfide) groups is 1. The first-order chi connectivity index (χ1) is 14.0. The van der Waals surface area contributed by atoms with Gasteiger partial charge in [0.1, 0.15) is 23.8 Å². The van der Waals surface area contributed by atoms with E-state index in [-0.39, 0.29) is 11.9 Å². The van der Waals surface area contributed by atoms with Gasteiger partial charge in [-0.05, 0) is 36.1 Å². The van der Waals surface area contributed by atoms with Crippen LogP contribution in [0.25, 0.3) is 0 Å². The Bertz CT molecular complexity index is 978. The summed E-state index contributed by atoms with van der Waals surface area (Å²) in [5, 5.41) is 5.95. The predicted octanol–water partition coefficient (Wildman–Crippen LogP) is 5.88. The van der Waals surface area contributed by atoms with E-state index in [1.54, 1.807) is 30.2 Å². The molecule has 0 aliphatic carbocycles. The van der Waals surface area contributed by atoms with Crippen LogP contribution in [0.5, 0.6) is 0 Å². The van der Waals surface area contributed by atoms with Crippen LogP contribution >= 0.6 is 23.4 Å². The van der Waals surface area contributed by atoms with E-state index in [2.05, 4.69) is 23.9 Å². The van der Waals surface area contributed by atoms with Crippen LogP contribution in [0.3, 0.4) is 0 Å². The van der Waals surface area contributed by atoms with E-state index in [4.69, 9.17) is 16.3 Å². The molecule has 2 atom stereocenters. The Labute approximate surface area is 179 Å². The summed E-state index contributed by atoms with van der Waals surface area (Å²) in [4.78, 5) is 4.42. The van der Waals surface area contributed by atoms with Gasteiger partial charge in [-0.15, -0.1) is 0 Å². The summed E-state index contributed by atoms with van der Waals surface area (Å²) < 4.78 is 21.7. The van der Waals surface area contributed by atoms with Crippen molar-refractivity contribution in [1.29, 1.82) is 0 Å². The molecule has 4 nitrogen and oxygen atoms in total. The number of hydrogen-bond acceptors (Lipinski definition) is 4. The van der Waals surface area contributed by atoms with Gasteiger partial charge in [0.2, 0.25) is 0 Å². The lowest BCUT2D eigenvalue weighted by molar-refractivity contribution is 0.256. The van der Waals surface area contributed by atoms with E-state index < -0.39 is 5.60 Å². The Kier molecular flexibility index (Phi) is 5.95. The van der Waals surface area contributed by atoms with Gasteiger partial charge in [-0.25, -0.2) is 14.1 Å². The number of halogens is 2. The molecule has 2 heterocycles. The molecule has 3 aromatic rings. The molecule has 1 aliphatic heterocycles. The average Bonchev–Trinajstić information content (AvgIpc) is 3.24. The quantitative estimate of drug-likeness (QED) is 0.330. The van der Waals surface area contributed by atoms with Gasteiger partial charge in [-0.1, -0.05) is 67.5 Å². The van der Waals surface area contributed by atoms with E-state index in [0.29, 0.717) is 17.5 Å². The number of rotatable bonds is 8. The number of nitrogens with zero attached hydrogens (tertiary/aromatic N) is 3. The van der Waals surface area contributed by atoms with Crippen molar-refractivity contribution in [1.82, 2.24) is 14.8 Å². The van der Waals surface area contributed by atoms with Crippen molar-refractivity contribution in [2.75, 3.05) is 5.75 Å². The minimum Gasteiger partial charge on any atom is -0.354 e. The van der Waals surface area contributed by atoms with Crippen molar-refractivity contribution in [3.63, 3.8) is 0 Å². The second-order valence-electron chi connectivity index (χ2n) is 7.65. The fraction of sp³-hybridized carbons (Fsp3) is 0.364. The number of benzene rings is 2. The van der Waals surface area contributed by atoms with E-state index in [9.17, 15) is 4.39 Å². The molecule has 2 unspecified atom stereocenters. The second-order valence-corrected chi connectivity index (χ2v) is 9.12. The smallest absolute Gasteiger partial charge is 0.186 e. The van der Waals surface area contributed by atoms with Crippen LogP contribution in [0, 0.1) is 11.7 Å². The van der Waals surface area contributed by atoms with Crippen LogP contribution in [0.15, 0.2) is 60.0 Å². The fourth-order valence-electron chi connectivity index (χ4n) is 3.42. The Hall–Kier alpha value is -1.89. The van der Waals surface area contributed by atoms with Crippen molar-refractivity contribution >= 4 is 23.4 Å². The zero-order valence-corrected chi connectivity index (χ0v) is 18.0. The zero-order valence-electron chi connectivity index (χ0n) is 16.4. The average molecular weight is 432 g/mol. The number of aromatic nitrogens is 3. The maximum Gasteiger partial charge on any atom is 0.186 e. The van der Waals surface area contributed by atoms with Gasteiger partial charge in [0.25, 0.3) is 0 Å². The van der Waals surface area contributed by atoms with Crippen molar-refractivity contribution in [3.8, 4) is 0 Å². The summed E-state index contributed by atoms with van der Waals surface area (Å²) in [6, 6.07) is 14.1. The summed E-state index contributed by atoms with van der Waals surface area (Å²) in [6.07, 6.45) is 2.46. The maximum atomic E-state index is 13.5. The first-order valence-corrected chi connectivity index (χ1v) is 11.0. The van der Waals surface area contributed by atoms with Crippen LogP contribution in [-0.4, -0.2) is 20.5 Å². The van der Waals surface area contributed by atoms with Crippen LogP contribution in [0.1, 0.15) is 37.5 Å². The third-order valence-electron chi connectivity index (χ3n) is 5.11. The monoisotopic (exact) mass is 431 g/mol. The van der Waals surface area contributed by atoms with Gasteiger partial charge >= 0.3 is 0 Å². The molecule has 0 bridgehead atoms. The van der Waals surface area contributed by atoms with Gasteiger partial charge < -0.3 is 4.74 Å². The number of ether oxygens (including phenoxy) is 1. The molecular weight excluding hydrogens is 409 g/mol. The van der Waals surface area contributed by atoms with Crippen LogP contribution < -0.4 is 0 Å². The lowest BCUT2D eigenvalue weighted by Gasteiger charge is -2.16. The van der Waals surface area contributed by atoms with E-state index >= 15 is 0 Å². The SMILES string of the molecule is CC(C)CCSc1ncnn1CC1(c2ccc(F)cc2)OC1c1ccccc1Cl. The van der Waals surface area contributed by atoms with Crippen molar-refractivity contribution in [2.24, 2.45) is 5.92 Å². The highest BCUT2D eigenvalue weighted by molar-refractivity contribution is 7.99. The molecule has 0 spiro atoms. The largest absolute Gasteiger partial charge is 0.354 e. The summed E-state index contributed by atoms with van der Waals surface area (Å²) >= 11 is 8.13. The van der Waals surface area contributed by atoms with Gasteiger partial charge in [-0.3, -0.25) is 0 Å². The van der Waals surface area contributed by atoms with Gasteiger partial charge in [0, 0.05) is 16.3 Å². The lowest BCUT2D eigenvalue weighted by Crippen LogP contribution is -2.20. The first-order valence-electron chi connectivity index (χ1n) is 9.68. The lowest BCUT2D eigenvalue weighted by atomic mass is 9.91. The van der Waals surface area contributed by atoms with Crippen molar-refractivity contribution < 1.29 is 9.13 Å². The molecule has 0 saturated carbocycles. The molecule has 0 amide bonds. The van der Waals surface area contributed by atoms with Gasteiger partial charge in [-0.2, -0.15) is 5.10 Å². The molecule has 1 aliphatic rings. The first kappa shape index (κ1) is 20.4. The van der Waals surface area contributed by atoms with Gasteiger partial charge in [0.05, 0.1) is 6.54 Å². The normalized spacial score (nSPS) is 20.9. The van der Waals surface area contributed by atoms with Crippen LogP contribution in [-0.2, 0) is 16.9 Å². The maximum absolute atomic E-state index is 13.5. The minimum atomic E-state index is -0.653. The van der Waals surface area contributed by atoms with Crippen molar-refractivity contribution in [3.05, 3.63) is 76.8 Å². The second kappa shape index (κ2) is 8.46. The summed E-state index contributed by atoms with van der Waals surface area (Å²) in [7, 11) is 0. The zero-order chi connectivity index (χ0) is 20.4.